The molecule has 0 radical (unpaired) electrons. The second-order valence-corrected chi connectivity index (χ2v) is 6.06. The molecule has 2 rings (SSSR count). The molecule has 1 aliphatic rings. The second-order valence-electron chi connectivity index (χ2n) is 5.11. The number of carbonyl (C=O) groups excluding carboxylic acids is 1. The van der Waals surface area contributed by atoms with Gasteiger partial charge in [-0.15, -0.1) is 36.2 Å². The summed E-state index contributed by atoms with van der Waals surface area (Å²) in [5, 5.41) is 9.50. The molecule has 1 aromatic heterocycles. The summed E-state index contributed by atoms with van der Waals surface area (Å²) in [5.74, 6) is 0.816. The van der Waals surface area contributed by atoms with Gasteiger partial charge in [0.05, 0.1) is 17.1 Å². The molecule has 1 fully saturated rings. The SMILES string of the molecule is CCc1nc(CC(=O)NCCC2CCCNC2)cs1.Cl.Cl. The van der Waals surface area contributed by atoms with Crippen molar-refractivity contribution < 1.29 is 4.79 Å². The maximum Gasteiger partial charge on any atom is 0.226 e. The maximum atomic E-state index is 11.8. The summed E-state index contributed by atoms with van der Waals surface area (Å²) in [5.41, 5.74) is 0.902. The molecule has 0 aliphatic carbocycles. The summed E-state index contributed by atoms with van der Waals surface area (Å²) < 4.78 is 0. The van der Waals surface area contributed by atoms with Gasteiger partial charge in [-0.25, -0.2) is 4.98 Å². The summed E-state index contributed by atoms with van der Waals surface area (Å²) in [6.07, 6.45) is 4.99. The van der Waals surface area contributed by atoms with E-state index in [9.17, 15) is 4.79 Å². The molecule has 1 atom stereocenters. The van der Waals surface area contributed by atoms with Gasteiger partial charge in [-0.2, -0.15) is 0 Å². The Kier molecular flexibility index (Phi) is 11.0. The minimum atomic E-state index is 0. The highest BCUT2D eigenvalue weighted by Gasteiger charge is 2.13. The number of hydrogen-bond donors (Lipinski definition) is 2. The Morgan fingerprint density at radius 3 is 2.95 bits per heavy atom. The average Bonchev–Trinajstić information content (AvgIpc) is 2.87. The Labute approximate surface area is 143 Å². The van der Waals surface area contributed by atoms with Crippen LogP contribution in [0.1, 0.15) is 36.9 Å². The highest BCUT2D eigenvalue weighted by atomic mass is 35.5. The number of thiazole rings is 1. The monoisotopic (exact) mass is 353 g/mol. The van der Waals surface area contributed by atoms with Gasteiger partial charge < -0.3 is 10.6 Å². The largest absolute Gasteiger partial charge is 0.356 e. The van der Waals surface area contributed by atoms with Crippen LogP contribution in [-0.4, -0.2) is 30.5 Å². The van der Waals surface area contributed by atoms with Crippen LogP contribution in [0.2, 0.25) is 0 Å². The van der Waals surface area contributed by atoms with E-state index < -0.39 is 0 Å². The zero-order chi connectivity index (χ0) is 13.5. The molecule has 1 saturated heterocycles. The van der Waals surface area contributed by atoms with Gasteiger partial charge in [-0.3, -0.25) is 4.79 Å². The van der Waals surface area contributed by atoms with Crippen LogP contribution in [-0.2, 0) is 17.6 Å². The molecule has 7 heteroatoms. The predicted octanol–water partition coefficient (Wildman–Crippen LogP) is 2.60. The number of rotatable bonds is 6. The number of piperidine rings is 1. The molecule has 0 saturated carbocycles. The predicted molar refractivity (Wildman–Crippen MR) is 92.9 cm³/mol. The van der Waals surface area contributed by atoms with Gasteiger partial charge in [0.2, 0.25) is 5.91 Å². The topological polar surface area (TPSA) is 54.0 Å². The fourth-order valence-corrected chi connectivity index (χ4v) is 3.15. The lowest BCUT2D eigenvalue weighted by molar-refractivity contribution is -0.120. The molecular formula is C14H25Cl2N3OS. The van der Waals surface area contributed by atoms with E-state index in [4.69, 9.17) is 0 Å². The first-order valence-electron chi connectivity index (χ1n) is 7.18. The molecule has 21 heavy (non-hydrogen) atoms. The lowest BCUT2D eigenvalue weighted by Crippen LogP contribution is -2.33. The minimum absolute atomic E-state index is 0. The number of amides is 1. The number of nitrogens with one attached hydrogen (secondary N) is 2. The van der Waals surface area contributed by atoms with Crippen molar-refractivity contribution in [3.8, 4) is 0 Å². The first-order chi connectivity index (χ1) is 9.28. The first-order valence-corrected chi connectivity index (χ1v) is 8.06. The molecule has 2 heterocycles. The van der Waals surface area contributed by atoms with Gasteiger partial charge in [-0.05, 0) is 44.7 Å². The van der Waals surface area contributed by atoms with E-state index in [1.807, 2.05) is 5.38 Å². The van der Waals surface area contributed by atoms with E-state index in [1.165, 1.54) is 12.8 Å². The second kappa shape index (κ2) is 11.2. The normalized spacial score (nSPS) is 17.5. The van der Waals surface area contributed by atoms with Crippen molar-refractivity contribution in [2.45, 2.75) is 39.0 Å². The van der Waals surface area contributed by atoms with Crippen molar-refractivity contribution in [1.29, 1.82) is 0 Å². The number of carbonyl (C=O) groups is 1. The van der Waals surface area contributed by atoms with Crippen LogP contribution in [0.4, 0.5) is 0 Å². The summed E-state index contributed by atoms with van der Waals surface area (Å²) in [7, 11) is 0. The number of aryl methyl sites for hydroxylation is 1. The van der Waals surface area contributed by atoms with E-state index >= 15 is 0 Å². The standard InChI is InChI=1S/C14H23N3OS.2ClH/c1-2-14-17-12(10-19-14)8-13(18)16-7-5-11-4-3-6-15-9-11;;/h10-11,15H,2-9H2,1H3,(H,16,18);2*1H. The molecule has 1 unspecified atom stereocenters. The summed E-state index contributed by atoms with van der Waals surface area (Å²) in [6, 6.07) is 0. The highest BCUT2D eigenvalue weighted by Crippen LogP contribution is 2.13. The van der Waals surface area contributed by atoms with Crippen molar-refractivity contribution >= 4 is 42.1 Å². The Bertz CT molecular complexity index is 409. The number of nitrogens with zero attached hydrogens (tertiary/aromatic N) is 1. The van der Waals surface area contributed by atoms with Gasteiger partial charge in [0.15, 0.2) is 0 Å². The Balaban J connectivity index is 0.00000200. The van der Waals surface area contributed by atoms with E-state index in [0.717, 1.165) is 49.1 Å². The molecule has 0 aromatic carbocycles. The minimum Gasteiger partial charge on any atom is -0.356 e. The average molecular weight is 354 g/mol. The van der Waals surface area contributed by atoms with Gasteiger partial charge in [0, 0.05) is 11.9 Å². The summed E-state index contributed by atoms with van der Waals surface area (Å²) in [6.45, 7) is 5.12. The van der Waals surface area contributed by atoms with E-state index in [-0.39, 0.29) is 30.7 Å². The van der Waals surface area contributed by atoms with Crippen LogP contribution in [0.15, 0.2) is 5.38 Å². The third kappa shape index (κ3) is 7.45. The molecule has 0 spiro atoms. The van der Waals surface area contributed by atoms with E-state index in [1.54, 1.807) is 11.3 Å². The van der Waals surface area contributed by atoms with Gasteiger partial charge in [-0.1, -0.05) is 6.92 Å². The molecule has 1 aliphatic heterocycles. The lowest BCUT2D eigenvalue weighted by atomic mass is 9.96. The van der Waals surface area contributed by atoms with E-state index in [2.05, 4.69) is 22.5 Å². The van der Waals surface area contributed by atoms with Crippen LogP contribution in [0, 0.1) is 5.92 Å². The van der Waals surface area contributed by atoms with Gasteiger partial charge >= 0.3 is 0 Å². The third-order valence-corrected chi connectivity index (χ3v) is 4.56. The smallest absolute Gasteiger partial charge is 0.226 e. The molecule has 122 valence electrons. The van der Waals surface area contributed by atoms with Crippen LogP contribution >= 0.6 is 36.2 Å². The molecule has 0 bridgehead atoms. The van der Waals surface area contributed by atoms with Crippen LogP contribution in [0.5, 0.6) is 0 Å². The maximum absolute atomic E-state index is 11.8. The fourth-order valence-electron chi connectivity index (χ4n) is 2.41. The zero-order valence-electron chi connectivity index (χ0n) is 12.4. The lowest BCUT2D eigenvalue weighted by Gasteiger charge is -2.22. The van der Waals surface area contributed by atoms with Crippen molar-refractivity contribution in [3.63, 3.8) is 0 Å². The van der Waals surface area contributed by atoms with Crippen molar-refractivity contribution in [2.75, 3.05) is 19.6 Å². The molecule has 4 nitrogen and oxygen atoms in total. The number of aromatic nitrogens is 1. The Morgan fingerprint density at radius 1 is 1.52 bits per heavy atom. The van der Waals surface area contributed by atoms with Gasteiger partial charge in [0.25, 0.3) is 0 Å². The summed E-state index contributed by atoms with van der Waals surface area (Å²) >= 11 is 1.64. The van der Waals surface area contributed by atoms with Crippen molar-refractivity contribution in [1.82, 2.24) is 15.6 Å². The molecular weight excluding hydrogens is 329 g/mol. The molecule has 1 amide bonds. The molecule has 2 N–H and O–H groups in total. The quantitative estimate of drug-likeness (QED) is 0.826. The van der Waals surface area contributed by atoms with Gasteiger partial charge in [0.1, 0.15) is 0 Å². The van der Waals surface area contributed by atoms with Crippen molar-refractivity contribution in [3.05, 3.63) is 16.1 Å². The first kappa shape index (κ1) is 20.6. The third-order valence-electron chi connectivity index (χ3n) is 3.52. The Hall–Kier alpha value is -0.360. The number of halogens is 2. The fraction of sp³-hybridized carbons (Fsp3) is 0.714. The highest BCUT2D eigenvalue weighted by molar-refractivity contribution is 7.09. The van der Waals surface area contributed by atoms with Crippen LogP contribution in [0.3, 0.4) is 0 Å². The van der Waals surface area contributed by atoms with E-state index in [0.29, 0.717) is 6.42 Å². The Morgan fingerprint density at radius 2 is 2.33 bits per heavy atom. The summed E-state index contributed by atoms with van der Waals surface area (Å²) in [4.78, 5) is 16.2. The number of hydrogen-bond acceptors (Lipinski definition) is 4. The van der Waals surface area contributed by atoms with Crippen LogP contribution < -0.4 is 10.6 Å². The van der Waals surface area contributed by atoms with Crippen molar-refractivity contribution in [2.24, 2.45) is 5.92 Å². The zero-order valence-corrected chi connectivity index (χ0v) is 14.8. The van der Waals surface area contributed by atoms with Crippen LogP contribution in [0.25, 0.3) is 0 Å². The molecule has 1 aromatic rings.